The summed E-state index contributed by atoms with van der Waals surface area (Å²) in [5, 5.41) is 7.75. The Morgan fingerprint density at radius 1 is 1.21 bits per heavy atom. The molecule has 0 saturated heterocycles. The Bertz CT molecular complexity index is 847. The van der Waals surface area contributed by atoms with Gasteiger partial charge in [0.15, 0.2) is 5.96 Å². The zero-order valence-electron chi connectivity index (χ0n) is 16.0. The summed E-state index contributed by atoms with van der Waals surface area (Å²) in [6, 6.07) is 11.8. The highest BCUT2D eigenvalue weighted by atomic mass is 127. The number of rotatable bonds is 8. The number of guanidine groups is 1. The number of hydrogen-bond acceptors (Lipinski definition) is 5. The van der Waals surface area contributed by atoms with Crippen LogP contribution in [0.5, 0.6) is 5.75 Å². The van der Waals surface area contributed by atoms with Gasteiger partial charge in [0.05, 0.1) is 26.5 Å². The van der Waals surface area contributed by atoms with Gasteiger partial charge in [0.1, 0.15) is 16.5 Å². The van der Waals surface area contributed by atoms with E-state index in [1.54, 1.807) is 24.7 Å². The molecule has 0 atom stereocenters. The molecule has 3 rings (SSSR count). The molecule has 0 radical (unpaired) electrons. The predicted molar refractivity (Wildman–Crippen MR) is 124 cm³/mol. The van der Waals surface area contributed by atoms with E-state index in [1.807, 2.05) is 42.6 Å². The largest absolute Gasteiger partial charge is 0.497 e. The van der Waals surface area contributed by atoms with Crippen LogP contribution in [0.2, 0.25) is 0 Å². The van der Waals surface area contributed by atoms with Gasteiger partial charge in [0, 0.05) is 24.0 Å². The smallest absolute Gasteiger partial charge is 0.191 e. The van der Waals surface area contributed by atoms with Crippen molar-refractivity contribution in [2.45, 2.75) is 26.4 Å². The number of hydrogen-bond donors (Lipinski definition) is 2. The third-order valence-electron chi connectivity index (χ3n) is 3.90. The van der Waals surface area contributed by atoms with Crippen LogP contribution in [0.25, 0.3) is 0 Å². The molecule has 1 aromatic carbocycles. The normalized spacial score (nSPS) is 11.0. The van der Waals surface area contributed by atoms with E-state index in [0.29, 0.717) is 13.1 Å². The fourth-order valence-electron chi connectivity index (χ4n) is 2.48. The van der Waals surface area contributed by atoms with Crippen molar-refractivity contribution in [2.75, 3.05) is 13.7 Å². The first-order chi connectivity index (χ1) is 13.2. The average molecular weight is 512 g/mol. The van der Waals surface area contributed by atoms with Gasteiger partial charge in [-0.3, -0.25) is 0 Å². The number of halogens is 1. The molecule has 0 amide bonds. The van der Waals surface area contributed by atoms with Gasteiger partial charge in [0.25, 0.3) is 0 Å². The van der Waals surface area contributed by atoms with Crippen LogP contribution in [0.3, 0.4) is 0 Å². The number of methoxy groups -OCH3 is 1. The van der Waals surface area contributed by atoms with Crippen LogP contribution in [0.1, 0.15) is 21.2 Å². The first kappa shape index (κ1) is 22.2. The molecule has 3 aromatic rings. The Balaban J connectivity index is 0.00000280. The molecule has 2 N–H and O–H groups in total. The van der Waals surface area contributed by atoms with Gasteiger partial charge in [-0.05, 0) is 36.8 Å². The summed E-state index contributed by atoms with van der Waals surface area (Å²) < 4.78 is 10.6. The number of aryl methyl sites for hydroxylation is 1. The first-order valence-electron chi connectivity index (χ1n) is 8.82. The van der Waals surface area contributed by atoms with Crippen LogP contribution < -0.4 is 15.4 Å². The first-order valence-corrected chi connectivity index (χ1v) is 9.63. The Hall–Kier alpha value is -2.07. The zero-order valence-corrected chi connectivity index (χ0v) is 19.1. The quantitative estimate of drug-likeness (QED) is 0.270. The lowest BCUT2D eigenvalue weighted by Gasteiger charge is -2.11. The maximum absolute atomic E-state index is 5.38. The van der Waals surface area contributed by atoms with E-state index in [0.717, 1.165) is 41.0 Å². The number of furan rings is 1. The van der Waals surface area contributed by atoms with Gasteiger partial charge in [-0.1, -0.05) is 12.1 Å². The Morgan fingerprint density at radius 2 is 2.04 bits per heavy atom. The maximum Gasteiger partial charge on any atom is 0.191 e. The highest BCUT2D eigenvalue weighted by Gasteiger charge is 2.04. The van der Waals surface area contributed by atoms with Crippen molar-refractivity contribution >= 4 is 41.3 Å². The van der Waals surface area contributed by atoms with Crippen molar-refractivity contribution in [3.8, 4) is 5.75 Å². The SMILES string of the molecule is COc1ccc(CN=C(NCCc2ccco2)NCc2ncc(C)s2)cc1.I. The summed E-state index contributed by atoms with van der Waals surface area (Å²) in [6.07, 6.45) is 4.38. The minimum absolute atomic E-state index is 0. The van der Waals surface area contributed by atoms with Crippen molar-refractivity contribution in [3.05, 3.63) is 70.1 Å². The Labute approximate surface area is 186 Å². The minimum atomic E-state index is 0. The molecular weight excluding hydrogens is 487 g/mol. The van der Waals surface area contributed by atoms with Crippen LogP contribution in [-0.2, 0) is 19.5 Å². The van der Waals surface area contributed by atoms with Crippen molar-refractivity contribution in [1.82, 2.24) is 15.6 Å². The van der Waals surface area contributed by atoms with E-state index < -0.39 is 0 Å². The molecule has 0 aliphatic heterocycles. The Kier molecular flexibility index (Phi) is 9.29. The molecular formula is C20H25IN4O2S. The van der Waals surface area contributed by atoms with Gasteiger partial charge in [-0.25, -0.2) is 9.98 Å². The lowest BCUT2D eigenvalue weighted by molar-refractivity contribution is 0.414. The third kappa shape index (κ3) is 7.16. The molecule has 0 unspecified atom stereocenters. The number of aliphatic imine (C=N–C) groups is 1. The molecule has 2 heterocycles. The van der Waals surface area contributed by atoms with E-state index in [4.69, 9.17) is 14.1 Å². The zero-order chi connectivity index (χ0) is 18.9. The minimum Gasteiger partial charge on any atom is -0.497 e. The number of aromatic nitrogens is 1. The van der Waals surface area contributed by atoms with Crippen LogP contribution in [0.15, 0.2) is 58.3 Å². The van der Waals surface area contributed by atoms with Crippen molar-refractivity contribution in [2.24, 2.45) is 4.99 Å². The lowest BCUT2D eigenvalue weighted by atomic mass is 10.2. The molecule has 0 aliphatic carbocycles. The molecule has 6 nitrogen and oxygen atoms in total. The molecule has 0 fully saturated rings. The second kappa shape index (κ2) is 11.7. The molecule has 0 saturated carbocycles. The van der Waals surface area contributed by atoms with E-state index >= 15 is 0 Å². The number of ether oxygens (including phenoxy) is 1. The van der Waals surface area contributed by atoms with Crippen molar-refractivity contribution in [3.63, 3.8) is 0 Å². The van der Waals surface area contributed by atoms with Crippen LogP contribution >= 0.6 is 35.3 Å². The molecule has 28 heavy (non-hydrogen) atoms. The monoisotopic (exact) mass is 512 g/mol. The lowest BCUT2D eigenvalue weighted by Crippen LogP contribution is -2.38. The predicted octanol–water partition coefficient (Wildman–Crippen LogP) is 4.15. The molecule has 0 bridgehead atoms. The second-order valence-electron chi connectivity index (χ2n) is 5.99. The van der Waals surface area contributed by atoms with Gasteiger partial charge in [0.2, 0.25) is 0 Å². The number of thiazole rings is 1. The van der Waals surface area contributed by atoms with E-state index in [2.05, 4.69) is 22.5 Å². The molecule has 2 aromatic heterocycles. The maximum atomic E-state index is 5.38. The van der Waals surface area contributed by atoms with Crippen LogP contribution in [-0.4, -0.2) is 24.6 Å². The van der Waals surface area contributed by atoms with Crippen LogP contribution in [0, 0.1) is 6.92 Å². The van der Waals surface area contributed by atoms with Gasteiger partial charge >= 0.3 is 0 Å². The van der Waals surface area contributed by atoms with Gasteiger partial charge < -0.3 is 19.8 Å². The molecule has 150 valence electrons. The summed E-state index contributed by atoms with van der Waals surface area (Å²) in [7, 11) is 1.67. The summed E-state index contributed by atoms with van der Waals surface area (Å²) >= 11 is 1.68. The van der Waals surface area contributed by atoms with Gasteiger partial charge in [-0.2, -0.15) is 0 Å². The van der Waals surface area contributed by atoms with Gasteiger partial charge in [-0.15, -0.1) is 35.3 Å². The second-order valence-corrected chi connectivity index (χ2v) is 7.31. The Morgan fingerprint density at radius 3 is 2.68 bits per heavy atom. The highest BCUT2D eigenvalue weighted by molar-refractivity contribution is 14.0. The summed E-state index contributed by atoms with van der Waals surface area (Å²) in [5.74, 6) is 2.55. The van der Waals surface area contributed by atoms with Crippen LogP contribution in [0.4, 0.5) is 0 Å². The average Bonchev–Trinajstić information content (AvgIpc) is 3.35. The van der Waals surface area contributed by atoms with E-state index in [9.17, 15) is 0 Å². The summed E-state index contributed by atoms with van der Waals surface area (Å²) in [5.41, 5.74) is 1.12. The number of benzene rings is 1. The third-order valence-corrected chi connectivity index (χ3v) is 4.81. The number of nitrogens with zero attached hydrogens (tertiary/aromatic N) is 2. The summed E-state index contributed by atoms with van der Waals surface area (Å²) in [6.45, 7) is 4.02. The van der Waals surface area contributed by atoms with Crippen molar-refractivity contribution in [1.29, 1.82) is 0 Å². The van der Waals surface area contributed by atoms with E-state index in [1.165, 1.54) is 4.88 Å². The standard InChI is InChI=1S/C20H24N4O2S.HI/c1-15-12-22-19(27-15)14-24-20(21-10-9-18-4-3-11-26-18)23-13-16-5-7-17(25-2)8-6-16;/h3-8,11-12H,9-10,13-14H2,1-2H3,(H2,21,23,24);1H. The van der Waals surface area contributed by atoms with Crippen molar-refractivity contribution < 1.29 is 9.15 Å². The number of nitrogens with one attached hydrogen (secondary N) is 2. The highest BCUT2D eigenvalue weighted by Crippen LogP contribution is 2.12. The molecule has 8 heteroatoms. The fraction of sp³-hybridized carbons (Fsp3) is 0.300. The van der Waals surface area contributed by atoms with E-state index in [-0.39, 0.29) is 24.0 Å². The molecule has 0 aliphatic rings. The fourth-order valence-corrected chi connectivity index (χ4v) is 3.20. The summed E-state index contributed by atoms with van der Waals surface area (Å²) in [4.78, 5) is 10.3. The topological polar surface area (TPSA) is 71.7 Å². The molecule has 0 spiro atoms.